The van der Waals surface area contributed by atoms with Gasteiger partial charge in [-0.1, -0.05) is 13.8 Å². The smallest absolute Gasteiger partial charge is 0.153 e. The topological polar surface area (TPSA) is 63.2 Å². The average Bonchev–Trinajstić information content (AvgIpc) is 2.13. The Morgan fingerprint density at radius 3 is 2.69 bits per heavy atom. The van der Waals surface area contributed by atoms with Crippen LogP contribution in [0.25, 0.3) is 0 Å². The van der Waals surface area contributed by atoms with Gasteiger partial charge in [-0.05, 0) is 12.3 Å². The molecule has 94 valence electrons. The summed E-state index contributed by atoms with van der Waals surface area (Å²) in [4.78, 5) is 11.6. The average molecular weight is 247 g/mol. The quantitative estimate of drug-likeness (QED) is 0.779. The molecule has 5 heteroatoms. The first kappa shape index (κ1) is 13.6. The van der Waals surface area contributed by atoms with Crippen LogP contribution in [-0.4, -0.2) is 38.3 Å². The van der Waals surface area contributed by atoms with E-state index in [1.54, 1.807) is 0 Å². The van der Waals surface area contributed by atoms with E-state index in [0.29, 0.717) is 25.3 Å². The van der Waals surface area contributed by atoms with Crippen molar-refractivity contribution in [3.63, 3.8) is 0 Å². The third kappa shape index (κ3) is 5.07. The third-order valence-electron chi connectivity index (χ3n) is 2.78. The van der Waals surface area contributed by atoms with Gasteiger partial charge in [-0.15, -0.1) is 0 Å². The van der Waals surface area contributed by atoms with Crippen LogP contribution in [0.15, 0.2) is 0 Å². The lowest BCUT2D eigenvalue weighted by molar-refractivity contribution is -0.119. The zero-order chi connectivity index (χ0) is 12.2. The van der Waals surface area contributed by atoms with Crippen LogP contribution in [0.5, 0.6) is 0 Å². The number of hydrogen-bond donors (Lipinski definition) is 1. The van der Waals surface area contributed by atoms with E-state index >= 15 is 0 Å². The highest BCUT2D eigenvalue weighted by Gasteiger charge is 2.25. The van der Waals surface area contributed by atoms with E-state index < -0.39 is 9.84 Å². The molecule has 1 aliphatic heterocycles. The lowest BCUT2D eigenvalue weighted by atomic mass is 10.0. The fraction of sp³-hybridized carbons (Fsp3) is 0.909. The summed E-state index contributed by atoms with van der Waals surface area (Å²) < 4.78 is 22.7. The van der Waals surface area contributed by atoms with Gasteiger partial charge in [0.1, 0.15) is 5.78 Å². The Bertz CT molecular complexity index is 335. The molecular weight excluding hydrogens is 226 g/mol. The summed E-state index contributed by atoms with van der Waals surface area (Å²) in [6.07, 6.45) is 1.81. The molecule has 1 aliphatic rings. The normalized spacial score (nSPS) is 24.6. The highest BCUT2D eigenvalue weighted by molar-refractivity contribution is 7.91. The molecule has 1 heterocycles. The van der Waals surface area contributed by atoms with Crippen molar-refractivity contribution in [3.05, 3.63) is 0 Å². The molecule has 1 rings (SSSR count). The largest absolute Gasteiger partial charge is 0.312 e. The maximum atomic E-state index is 11.6. The number of Topliss-reactive ketones (excluding diaryl/α,β-unsaturated/α-hetero) is 1. The molecule has 1 unspecified atom stereocenters. The molecule has 0 aromatic rings. The predicted octanol–water partition coefficient (Wildman–Crippen LogP) is 0.768. The third-order valence-corrected chi connectivity index (χ3v) is 4.51. The second-order valence-electron chi connectivity index (χ2n) is 4.94. The van der Waals surface area contributed by atoms with Gasteiger partial charge in [-0.25, -0.2) is 8.42 Å². The van der Waals surface area contributed by atoms with Crippen molar-refractivity contribution in [2.75, 3.05) is 18.1 Å². The van der Waals surface area contributed by atoms with Crippen molar-refractivity contribution in [2.24, 2.45) is 5.92 Å². The Kier molecular flexibility index (Phi) is 4.92. The fourth-order valence-corrected chi connectivity index (χ4v) is 3.27. The van der Waals surface area contributed by atoms with Gasteiger partial charge in [0.25, 0.3) is 0 Å². The molecule has 0 saturated carbocycles. The molecule has 1 N–H and O–H groups in total. The summed E-state index contributed by atoms with van der Waals surface area (Å²) in [6.45, 7) is 4.64. The molecule has 0 amide bonds. The molecule has 16 heavy (non-hydrogen) atoms. The van der Waals surface area contributed by atoms with Crippen LogP contribution >= 0.6 is 0 Å². The van der Waals surface area contributed by atoms with E-state index in [1.807, 2.05) is 0 Å². The lowest BCUT2D eigenvalue weighted by Gasteiger charge is -2.23. The Balaban J connectivity index is 2.34. The highest BCUT2D eigenvalue weighted by Crippen LogP contribution is 2.10. The van der Waals surface area contributed by atoms with Crippen molar-refractivity contribution in [2.45, 2.75) is 39.2 Å². The minimum atomic E-state index is -2.92. The van der Waals surface area contributed by atoms with Crippen LogP contribution in [-0.2, 0) is 14.6 Å². The lowest BCUT2D eigenvalue weighted by Crippen LogP contribution is -2.45. The molecule has 0 aromatic heterocycles. The minimum absolute atomic E-state index is 0.112. The maximum Gasteiger partial charge on any atom is 0.153 e. The summed E-state index contributed by atoms with van der Waals surface area (Å²) >= 11 is 0. The van der Waals surface area contributed by atoms with Crippen LogP contribution < -0.4 is 5.32 Å². The molecule has 0 bridgehead atoms. The molecule has 0 radical (unpaired) electrons. The minimum Gasteiger partial charge on any atom is -0.312 e. The number of sulfone groups is 1. The van der Waals surface area contributed by atoms with Crippen LogP contribution in [0.1, 0.15) is 33.1 Å². The van der Waals surface area contributed by atoms with E-state index in [4.69, 9.17) is 0 Å². The number of ketones is 1. The van der Waals surface area contributed by atoms with E-state index in [0.717, 1.165) is 6.42 Å². The van der Waals surface area contributed by atoms with Crippen LogP contribution in [0.2, 0.25) is 0 Å². The fourth-order valence-electron chi connectivity index (χ4n) is 1.82. The van der Waals surface area contributed by atoms with Crippen molar-refractivity contribution >= 4 is 15.6 Å². The Hall–Kier alpha value is -0.420. The van der Waals surface area contributed by atoms with Crippen LogP contribution in [0.4, 0.5) is 0 Å². The SMILES string of the molecule is CC(C)CCC(=O)CC1CS(=O)(=O)CCN1. The maximum absolute atomic E-state index is 11.6. The molecule has 0 aliphatic carbocycles. The summed E-state index contributed by atoms with van der Waals surface area (Å²) in [5, 5.41) is 3.09. The monoisotopic (exact) mass is 247 g/mol. The van der Waals surface area contributed by atoms with E-state index in [1.165, 1.54) is 0 Å². The second-order valence-corrected chi connectivity index (χ2v) is 7.17. The van der Waals surface area contributed by atoms with Crippen LogP contribution in [0.3, 0.4) is 0 Å². The van der Waals surface area contributed by atoms with E-state index in [-0.39, 0.29) is 23.3 Å². The molecule has 1 fully saturated rings. The van der Waals surface area contributed by atoms with Gasteiger partial charge in [0, 0.05) is 25.4 Å². The van der Waals surface area contributed by atoms with Gasteiger partial charge in [0.2, 0.25) is 0 Å². The number of nitrogens with one attached hydrogen (secondary N) is 1. The van der Waals surface area contributed by atoms with E-state index in [9.17, 15) is 13.2 Å². The first-order chi connectivity index (χ1) is 7.39. The second kappa shape index (κ2) is 5.77. The Morgan fingerprint density at radius 1 is 1.44 bits per heavy atom. The van der Waals surface area contributed by atoms with Gasteiger partial charge in [-0.3, -0.25) is 4.79 Å². The van der Waals surface area contributed by atoms with Crippen LogP contribution in [0, 0.1) is 5.92 Å². The molecular formula is C11H21NO3S. The molecule has 0 spiro atoms. The zero-order valence-corrected chi connectivity index (χ0v) is 10.8. The van der Waals surface area contributed by atoms with Crippen molar-refractivity contribution in [1.29, 1.82) is 0 Å². The first-order valence-corrected chi connectivity index (χ1v) is 7.66. The Morgan fingerprint density at radius 2 is 2.12 bits per heavy atom. The van der Waals surface area contributed by atoms with Gasteiger partial charge in [0.05, 0.1) is 11.5 Å². The first-order valence-electron chi connectivity index (χ1n) is 5.84. The summed E-state index contributed by atoms with van der Waals surface area (Å²) in [6, 6.07) is -0.168. The summed E-state index contributed by atoms with van der Waals surface area (Å²) in [5.41, 5.74) is 0. The molecule has 4 nitrogen and oxygen atoms in total. The number of hydrogen-bond acceptors (Lipinski definition) is 4. The molecule has 0 aromatic carbocycles. The molecule has 1 atom stereocenters. The zero-order valence-electron chi connectivity index (χ0n) is 10.0. The standard InChI is InChI=1S/C11H21NO3S/c1-9(2)3-4-11(13)7-10-8-16(14,15)6-5-12-10/h9-10,12H,3-8H2,1-2H3. The van der Waals surface area contributed by atoms with Gasteiger partial charge < -0.3 is 5.32 Å². The Labute approximate surface area is 97.7 Å². The summed E-state index contributed by atoms with van der Waals surface area (Å²) in [7, 11) is -2.92. The van der Waals surface area contributed by atoms with Gasteiger partial charge >= 0.3 is 0 Å². The van der Waals surface area contributed by atoms with Crippen molar-refractivity contribution < 1.29 is 13.2 Å². The van der Waals surface area contributed by atoms with Crippen molar-refractivity contribution in [3.8, 4) is 0 Å². The molecule has 1 saturated heterocycles. The predicted molar refractivity (Wildman–Crippen MR) is 64.1 cm³/mol. The van der Waals surface area contributed by atoms with Gasteiger partial charge in [0.15, 0.2) is 9.84 Å². The van der Waals surface area contributed by atoms with E-state index in [2.05, 4.69) is 19.2 Å². The summed E-state index contributed by atoms with van der Waals surface area (Å²) in [5.74, 6) is 1.000. The number of carbonyl (C=O) groups is 1. The number of rotatable bonds is 5. The number of carbonyl (C=O) groups excluding carboxylic acids is 1. The highest BCUT2D eigenvalue weighted by atomic mass is 32.2. The van der Waals surface area contributed by atoms with Crippen molar-refractivity contribution in [1.82, 2.24) is 5.32 Å². The van der Waals surface area contributed by atoms with Gasteiger partial charge in [-0.2, -0.15) is 0 Å².